The van der Waals surface area contributed by atoms with Crippen LogP contribution in [0.15, 0.2) is 83.3 Å². The van der Waals surface area contributed by atoms with Crippen LogP contribution in [-0.2, 0) is 13.0 Å². The molecular weight excluding hydrogens is 406 g/mol. The third-order valence-corrected chi connectivity index (χ3v) is 4.57. The number of azo groups is 1. The molecule has 0 aliphatic heterocycles. The average Bonchev–Trinajstić information content (AvgIpc) is 2.74. The normalized spacial score (nSPS) is 10.7. The third kappa shape index (κ3) is 7.00. The first-order valence-electron chi connectivity index (χ1n) is 9.21. The summed E-state index contributed by atoms with van der Waals surface area (Å²) >= 11 is 6.02. The van der Waals surface area contributed by atoms with Crippen LogP contribution in [0.2, 0.25) is 5.02 Å². The van der Waals surface area contributed by atoms with Crippen LogP contribution in [0.5, 0.6) is 0 Å². The summed E-state index contributed by atoms with van der Waals surface area (Å²) in [4.78, 5) is 10.2. The number of halogens is 1. The van der Waals surface area contributed by atoms with Gasteiger partial charge in [0.15, 0.2) is 18.9 Å². The molecule has 1 heterocycles. The molecule has 0 saturated heterocycles. The minimum atomic E-state index is -0.499. The molecule has 0 bridgehead atoms. The fourth-order valence-corrected chi connectivity index (χ4v) is 2.89. The maximum Gasteiger partial charge on any atom is 0.271 e. The van der Waals surface area contributed by atoms with Crippen molar-refractivity contribution in [2.45, 2.75) is 13.0 Å². The van der Waals surface area contributed by atoms with E-state index in [0.717, 1.165) is 26.1 Å². The monoisotopic (exact) mass is 427 g/mol. The van der Waals surface area contributed by atoms with Crippen LogP contribution in [0.3, 0.4) is 0 Å². The molecule has 0 radical (unpaired) electrons. The molecular formula is C21H22ClN5O3. The Labute approximate surface area is 179 Å². The zero-order valence-corrected chi connectivity index (χ0v) is 16.9. The molecule has 0 aliphatic carbocycles. The van der Waals surface area contributed by atoms with Gasteiger partial charge in [-0.1, -0.05) is 29.8 Å². The summed E-state index contributed by atoms with van der Waals surface area (Å²) < 4.78 is 2.14. The van der Waals surface area contributed by atoms with Gasteiger partial charge in [-0.2, -0.15) is 5.11 Å². The number of nitrogens with zero attached hydrogens (tertiary/aromatic N) is 4. The molecule has 0 aliphatic rings. The maximum absolute atomic E-state index is 10.7. The Hall–Kier alpha value is -3.20. The summed E-state index contributed by atoms with van der Waals surface area (Å²) in [6, 6.07) is 18.0. The lowest BCUT2D eigenvalue weighted by molar-refractivity contribution is -0.695. The molecule has 0 unspecified atom stereocenters. The summed E-state index contributed by atoms with van der Waals surface area (Å²) in [7, 11) is 0. The van der Waals surface area contributed by atoms with E-state index >= 15 is 0 Å². The topological polar surface area (TPSA) is 114 Å². The van der Waals surface area contributed by atoms with Crippen molar-refractivity contribution in [1.29, 1.82) is 0 Å². The predicted octanol–water partition coefficient (Wildman–Crippen LogP) is 4.61. The number of hydrogen-bond acceptors (Lipinski definition) is 6. The lowest BCUT2D eigenvalue weighted by Gasteiger charge is -2.04. The van der Waals surface area contributed by atoms with Crippen LogP contribution in [0.25, 0.3) is 0 Å². The second-order valence-corrected chi connectivity index (χ2v) is 6.78. The summed E-state index contributed by atoms with van der Waals surface area (Å²) in [6.07, 6.45) is 5.03. The first-order chi connectivity index (χ1) is 14.1. The maximum atomic E-state index is 10.7. The molecule has 30 heavy (non-hydrogen) atoms. The van der Waals surface area contributed by atoms with Gasteiger partial charge in [0.05, 0.1) is 22.2 Å². The molecule has 0 saturated carbocycles. The minimum absolute atomic E-state index is 0. The van der Waals surface area contributed by atoms with Crippen LogP contribution in [-0.4, -0.2) is 23.5 Å². The first kappa shape index (κ1) is 23.1. The second-order valence-electron chi connectivity index (χ2n) is 6.37. The number of hydrogen-bond donors (Lipinski definition) is 1. The van der Waals surface area contributed by atoms with Crippen molar-refractivity contribution in [3.63, 3.8) is 0 Å². The smallest absolute Gasteiger partial charge is 0.271 e. The van der Waals surface area contributed by atoms with E-state index in [1.54, 1.807) is 0 Å². The molecule has 156 valence electrons. The van der Waals surface area contributed by atoms with Gasteiger partial charge >= 0.3 is 0 Å². The first-order valence-corrected chi connectivity index (χ1v) is 9.59. The highest BCUT2D eigenvalue weighted by Crippen LogP contribution is 2.30. The number of aromatic nitrogens is 1. The Morgan fingerprint density at radius 1 is 1.00 bits per heavy atom. The number of pyridine rings is 1. The Morgan fingerprint density at radius 3 is 2.40 bits per heavy atom. The van der Waals surface area contributed by atoms with Crippen molar-refractivity contribution >= 4 is 28.7 Å². The summed E-state index contributed by atoms with van der Waals surface area (Å²) in [5.74, 6) is 0. The third-order valence-electron chi connectivity index (χ3n) is 4.27. The van der Waals surface area contributed by atoms with Gasteiger partial charge in [-0.15, -0.1) is 5.11 Å². The van der Waals surface area contributed by atoms with Gasteiger partial charge in [0.1, 0.15) is 5.69 Å². The van der Waals surface area contributed by atoms with Crippen LogP contribution >= 0.6 is 11.6 Å². The standard InChI is InChI=1S/C21H21ClN5O2.H2O/c22-20-16-19(27(28)29)8-9-21(20)25-24-18-6-4-17(5-7-18)10-11-23-12-15-26-13-2-1-3-14-26;/h1-9,13-14,16,23H,10-12,15H2;1H2/q+1;/p-1. The molecule has 0 fully saturated rings. The molecule has 2 aromatic carbocycles. The fourth-order valence-electron chi connectivity index (χ4n) is 2.68. The Balaban J connectivity index is 0.00000320. The Bertz CT molecular complexity index is 982. The van der Waals surface area contributed by atoms with Crippen LogP contribution in [0.1, 0.15) is 5.56 Å². The number of non-ortho nitro benzene ring substituents is 1. The van der Waals surface area contributed by atoms with Crippen molar-refractivity contribution < 1.29 is 15.0 Å². The molecule has 0 atom stereocenters. The van der Waals surface area contributed by atoms with Gasteiger partial charge in [-0.25, -0.2) is 4.57 Å². The van der Waals surface area contributed by atoms with Crippen molar-refractivity contribution in [2.75, 3.05) is 13.1 Å². The van der Waals surface area contributed by atoms with E-state index < -0.39 is 4.92 Å². The van der Waals surface area contributed by atoms with Crippen molar-refractivity contribution in [3.05, 3.63) is 93.8 Å². The zero-order valence-electron chi connectivity index (χ0n) is 16.2. The highest BCUT2D eigenvalue weighted by molar-refractivity contribution is 6.33. The van der Waals surface area contributed by atoms with E-state index in [2.05, 4.69) is 32.5 Å². The van der Waals surface area contributed by atoms with Crippen LogP contribution in [0.4, 0.5) is 17.1 Å². The molecule has 3 rings (SSSR count). The van der Waals surface area contributed by atoms with Gasteiger partial charge in [-0.3, -0.25) is 10.1 Å². The van der Waals surface area contributed by atoms with Crippen molar-refractivity contribution in [2.24, 2.45) is 10.2 Å². The average molecular weight is 428 g/mol. The van der Waals surface area contributed by atoms with E-state index in [0.29, 0.717) is 11.4 Å². The molecule has 2 N–H and O–H groups in total. The van der Waals surface area contributed by atoms with Gasteiger partial charge in [-0.05, 0) is 36.7 Å². The minimum Gasteiger partial charge on any atom is -0.870 e. The largest absolute Gasteiger partial charge is 0.870 e. The lowest BCUT2D eigenvalue weighted by atomic mass is 10.1. The molecule has 1 aromatic heterocycles. The zero-order chi connectivity index (χ0) is 20.5. The van der Waals surface area contributed by atoms with E-state index in [4.69, 9.17) is 11.6 Å². The van der Waals surface area contributed by atoms with Crippen molar-refractivity contribution in [3.8, 4) is 0 Å². The van der Waals surface area contributed by atoms with Crippen LogP contribution in [0, 0.1) is 10.1 Å². The molecule has 0 amide bonds. The number of rotatable bonds is 9. The predicted molar refractivity (Wildman–Crippen MR) is 114 cm³/mol. The number of nitro groups is 1. The second kappa shape index (κ2) is 11.7. The van der Waals surface area contributed by atoms with E-state index in [-0.39, 0.29) is 16.2 Å². The summed E-state index contributed by atoms with van der Waals surface area (Å²) in [5, 5.41) is 22.6. The Kier molecular flexibility index (Phi) is 9.02. The molecule has 0 spiro atoms. The Morgan fingerprint density at radius 2 is 1.73 bits per heavy atom. The van der Waals surface area contributed by atoms with E-state index in [1.807, 2.05) is 42.5 Å². The van der Waals surface area contributed by atoms with Gasteiger partial charge in [0.25, 0.3) is 5.69 Å². The molecule has 9 heteroatoms. The van der Waals surface area contributed by atoms with Crippen molar-refractivity contribution in [1.82, 2.24) is 5.32 Å². The SMILES string of the molecule is O=[N+]([O-])c1ccc(N=Nc2ccc(CCNCC[n+]3ccccc3)cc2)c(Cl)c1.[OH-]. The van der Waals surface area contributed by atoms with Gasteiger partial charge in [0, 0.05) is 24.3 Å². The van der Waals surface area contributed by atoms with E-state index in [9.17, 15) is 10.1 Å². The molecule has 8 nitrogen and oxygen atoms in total. The number of benzene rings is 2. The quantitative estimate of drug-likeness (QED) is 0.176. The highest BCUT2D eigenvalue weighted by Gasteiger charge is 2.08. The lowest BCUT2D eigenvalue weighted by Crippen LogP contribution is -2.38. The van der Waals surface area contributed by atoms with E-state index in [1.165, 1.54) is 23.8 Å². The van der Waals surface area contributed by atoms with Crippen LogP contribution < -0.4 is 9.88 Å². The van der Waals surface area contributed by atoms with Gasteiger partial charge < -0.3 is 10.8 Å². The summed E-state index contributed by atoms with van der Waals surface area (Å²) in [6.45, 7) is 2.75. The van der Waals surface area contributed by atoms with Gasteiger partial charge in [0.2, 0.25) is 0 Å². The summed E-state index contributed by atoms with van der Waals surface area (Å²) in [5.41, 5.74) is 2.21. The fraction of sp³-hybridized carbons (Fsp3) is 0.190. The number of nitro benzene ring substituents is 1. The highest BCUT2D eigenvalue weighted by atomic mass is 35.5. The number of nitrogens with one attached hydrogen (secondary N) is 1. The molecule has 3 aromatic rings.